The summed E-state index contributed by atoms with van der Waals surface area (Å²) in [6, 6.07) is 51.7. The summed E-state index contributed by atoms with van der Waals surface area (Å²) in [6.07, 6.45) is 17.0. The topological polar surface area (TPSA) is 64.5 Å². The van der Waals surface area contributed by atoms with E-state index in [0.717, 1.165) is 38.9 Å². The minimum atomic E-state index is -0.411. The SMILES string of the molecule is C1=CC2C3c4ccccc4C(c4cccnc4)(c4cc(-c5cc(-c6ccncc6)cc(-c6nc(-c7ccccc7)nc(-c7ccccc7)n6)c5)ccc43)C2C=C1. The van der Waals surface area contributed by atoms with Crippen LogP contribution in [-0.2, 0) is 5.41 Å². The number of hydrogen-bond donors (Lipinski definition) is 0. The summed E-state index contributed by atoms with van der Waals surface area (Å²) >= 11 is 0. The van der Waals surface area contributed by atoms with E-state index in [4.69, 9.17) is 19.9 Å². The van der Waals surface area contributed by atoms with E-state index < -0.39 is 5.41 Å². The number of nitrogens with zero attached hydrogens (tertiary/aromatic N) is 5. The van der Waals surface area contributed by atoms with Crippen LogP contribution in [0.25, 0.3) is 56.4 Å². The zero-order chi connectivity index (χ0) is 37.1. The van der Waals surface area contributed by atoms with E-state index in [1.54, 1.807) is 0 Å². The number of benzene rings is 5. The summed E-state index contributed by atoms with van der Waals surface area (Å²) in [4.78, 5) is 24.3. The van der Waals surface area contributed by atoms with Gasteiger partial charge in [0.05, 0.1) is 5.41 Å². The molecule has 4 aliphatic rings. The van der Waals surface area contributed by atoms with Crippen LogP contribution in [0.15, 0.2) is 195 Å². The van der Waals surface area contributed by atoms with Gasteiger partial charge in [0.15, 0.2) is 17.5 Å². The summed E-state index contributed by atoms with van der Waals surface area (Å²) in [6.45, 7) is 0. The Balaban J connectivity index is 1.15. The van der Waals surface area contributed by atoms with Crippen molar-refractivity contribution in [3.8, 4) is 56.4 Å². The molecule has 8 aromatic rings. The second-order valence-corrected chi connectivity index (χ2v) is 14.9. The maximum atomic E-state index is 5.14. The van der Waals surface area contributed by atoms with Gasteiger partial charge >= 0.3 is 0 Å². The van der Waals surface area contributed by atoms with Crippen LogP contribution < -0.4 is 0 Å². The van der Waals surface area contributed by atoms with E-state index in [9.17, 15) is 0 Å². The summed E-state index contributed by atoms with van der Waals surface area (Å²) in [7, 11) is 0. The lowest BCUT2D eigenvalue weighted by Crippen LogP contribution is -2.52. The second kappa shape index (κ2) is 13.0. The van der Waals surface area contributed by atoms with Crippen molar-refractivity contribution >= 4 is 0 Å². The van der Waals surface area contributed by atoms with Crippen molar-refractivity contribution in [2.45, 2.75) is 11.3 Å². The Kier molecular flexibility index (Phi) is 7.52. The summed E-state index contributed by atoms with van der Waals surface area (Å²) in [5.41, 5.74) is 13.5. The highest BCUT2D eigenvalue weighted by Crippen LogP contribution is 2.65. The third-order valence-corrected chi connectivity index (χ3v) is 12.0. The zero-order valence-corrected chi connectivity index (χ0v) is 30.4. The average Bonchev–Trinajstić information content (AvgIpc) is 3.29. The molecule has 4 aliphatic carbocycles. The smallest absolute Gasteiger partial charge is 0.164 e. The van der Waals surface area contributed by atoms with Crippen LogP contribution in [0.3, 0.4) is 0 Å². The monoisotopic (exact) mass is 717 g/mol. The van der Waals surface area contributed by atoms with Gasteiger partial charge < -0.3 is 0 Å². The molecule has 3 aromatic heterocycles. The molecule has 0 saturated carbocycles. The van der Waals surface area contributed by atoms with Gasteiger partial charge in [-0.2, -0.15) is 0 Å². The Morgan fingerprint density at radius 2 is 1.04 bits per heavy atom. The van der Waals surface area contributed by atoms with Crippen LogP contribution in [0.2, 0.25) is 0 Å². The number of rotatable bonds is 6. The zero-order valence-electron chi connectivity index (χ0n) is 30.4. The number of allylic oxidation sites excluding steroid dienone is 4. The van der Waals surface area contributed by atoms with Gasteiger partial charge in [-0.25, -0.2) is 15.0 Å². The summed E-state index contributed by atoms with van der Waals surface area (Å²) < 4.78 is 0. The molecule has 3 heterocycles. The Labute approximate surface area is 325 Å². The van der Waals surface area contributed by atoms with E-state index >= 15 is 0 Å². The standard InChI is InChI=1S/C51H35N5/c1-3-12-34(13-4-1)48-54-49(35-14-5-2-6-15-35)56-50(55-48)39-29-37(33-23-26-52-27-24-33)28-38(30-39)36-21-22-43-46(31-36)51(40-16-11-25-53-32-40)44-19-9-7-17-41(44)47(43)42-18-8-10-20-45(42)51/h1-32,41,44,47H. The van der Waals surface area contributed by atoms with E-state index in [-0.39, 0.29) is 11.8 Å². The lowest BCUT2D eigenvalue weighted by Gasteiger charge is -2.57. The Morgan fingerprint density at radius 3 is 1.75 bits per heavy atom. The molecule has 4 atom stereocenters. The van der Waals surface area contributed by atoms with Gasteiger partial charge in [-0.15, -0.1) is 0 Å². The normalized spacial score (nSPS) is 19.9. The van der Waals surface area contributed by atoms with E-state index in [0.29, 0.717) is 23.4 Å². The molecular formula is C51H35N5. The Hall–Kier alpha value is -7.11. The third-order valence-electron chi connectivity index (χ3n) is 12.0. The molecule has 5 heteroatoms. The molecule has 2 bridgehead atoms. The van der Waals surface area contributed by atoms with Gasteiger partial charge in [0.1, 0.15) is 0 Å². The molecule has 4 unspecified atom stereocenters. The second-order valence-electron chi connectivity index (χ2n) is 14.9. The van der Waals surface area contributed by atoms with Gasteiger partial charge in [-0.3, -0.25) is 9.97 Å². The third kappa shape index (κ3) is 5.05. The maximum Gasteiger partial charge on any atom is 0.164 e. The van der Waals surface area contributed by atoms with Crippen LogP contribution in [0.4, 0.5) is 0 Å². The van der Waals surface area contributed by atoms with Crippen LogP contribution >= 0.6 is 0 Å². The molecular weight excluding hydrogens is 683 g/mol. The van der Waals surface area contributed by atoms with Crippen LogP contribution in [0.1, 0.15) is 33.7 Å². The quantitative estimate of drug-likeness (QED) is 0.171. The maximum absolute atomic E-state index is 5.14. The average molecular weight is 718 g/mol. The lowest BCUT2D eigenvalue weighted by molar-refractivity contribution is 0.266. The molecule has 5 nitrogen and oxygen atoms in total. The fourth-order valence-electron chi connectivity index (χ4n) is 9.61. The molecule has 0 spiro atoms. The minimum Gasteiger partial charge on any atom is -0.265 e. The molecule has 56 heavy (non-hydrogen) atoms. The molecule has 0 aliphatic heterocycles. The first-order chi connectivity index (χ1) is 27.8. The molecule has 0 fully saturated rings. The fraction of sp³-hybridized carbons (Fsp3) is 0.0784. The van der Waals surface area contributed by atoms with Crippen molar-refractivity contribution in [3.05, 3.63) is 223 Å². The van der Waals surface area contributed by atoms with E-state index in [1.165, 1.54) is 27.8 Å². The molecule has 0 amide bonds. The van der Waals surface area contributed by atoms with Crippen molar-refractivity contribution in [1.82, 2.24) is 24.9 Å². The van der Waals surface area contributed by atoms with Crippen LogP contribution in [-0.4, -0.2) is 24.9 Å². The van der Waals surface area contributed by atoms with Gasteiger partial charge in [-0.1, -0.05) is 127 Å². The van der Waals surface area contributed by atoms with Crippen molar-refractivity contribution in [2.75, 3.05) is 0 Å². The van der Waals surface area contributed by atoms with Crippen molar-refractivity contribution in [2.24, 2.45) is 11.8 Å². The first-order valence-corrected chi connectivity index (χ1v) is 19.2. The number of hydrogen-bond acceptors (Lipinski definition) is 5. The minimum absolute atomic E-state index is 0.246. The molecule has 0 N–H and O–H groups in total. The van der Waals surface area contributed by atoms with E-state index in [1.807, 2.05) is 79.3 Å². The van der Waals surface area contributed by atoms with E-state index in [2.05, 4.69) is 120 Å². The van der Waals surface area contributed by atoms with Gasteiger partial charge in [0.25, 0.3) is 0 Å². The van der Waals surface area contributed by atoms with Crippen molar-refractivity contribution in [1.29, 1.82) is 0 Å². The first-order valence-electron chi connectivity index (χ1n) is 19.2. The summed E-state index contributed by atoms with van der Waals surface area (Å²) in [5.74, 6) is 2.74. The predicted molar refractivity (Wildman–Crippen MR) is 222 cm³/mol. The molecule has 0 radical (unpaired) electrons. The highest BCUT2D eigenvalue weighted by molar-refractivity contribution is 5.82. The molecule has 12 rings (SSSR count). The largest absolute Gasteiger partial charge is 0.265 e. The van der Waals surface area contributed by atoms with Gasteiger partial charge in [0, 0.05) is 53.3 Å². The molecule has 264 valence electrons. The molecule has 0 saturated heterocycles. The Morgan fingerprint density at radius 1 is 0.411 bits per heavy atom. The van der Waals surface area contributed by atoms with Crippen molar-refractivity contribution < 1.29 is 0 Å². The van der Waals surface area contributed by atoms with Crippen LogP contribution in [0.5, 0.6) is 0 Å². The molecule has 5 aromatic carbocycles. The first kappa shape index (κ1) is 32.3. The fourth-order valence-corrected chi connectivity index (χ4v) is 9.61. The Bertz CT molecular complexity index is 2760. The lowest BCUT2D eigenvalue weighted by atomic mass is 9.44. The highest BCUT2D eigenvalue weighted by atomic mass is 15.0. The number of pyridine rings is 2. The van der Waals surface area contributed by atoms with Gasteiger partial charge in [-0.05, 0) is 98.5 Å². The van der Waals surface area contributed by atoms with Crippen LogP contribution in [0, 0.1) is 11.8 Å². The van der Waals surface area contributed by atoms with Gasteiger partial charge in [0.2, 0.25) is 0 Å². The highest BCUT2D eigenvalue weighted by Gasteiger charge is 2.58. The summed E-state index contributed by atoms with van der Waals surface area (Å²) in [5, 5.41) is 0. The van der Waals surface area contributed by atoms with Crippen molar-refractivity contribution in [3.63, 3.8) is 0 Å². The predicted octanol–water partition coefficient (Wildman–Crippen LogP) is 11.1. The number of aromatic nitrogens is 5.